The van der Waals surface area contributed by atoms with Gasteiger partial charge in [0.1, 0.15) is 12.4 Å². The lowest BCUT2D eigenvalue weighted by Gasteiger charge is -2.27. The molecule has 0 saturated heterocycles. The van der Waals surface area contributed by atoms with E-state index in [0.29, 0.717) is 18.7 Å². The van der Waals surface area contributed by atoms with Gasteiger partial charge in [0.05, 0.1) is 5.60 Å². The molecule has 1 aromatic rings. The molecule has 0 bridgehead atoms. The van der Waals surface area contributed by atoms with Crippen molar-refractivity contribution in [3.63, 3.8) is 0 Å². The van der Waals surface area contributed by atoms with Crippen LogP contribution in [0.2, 0.25) is 0 Å². The third-order valence-corrected chi connectivity index (χ3v) is 2.97. The fraction of sp³-hybridized carbons (Fsp3) is 0.778. The van der Waals surface area contributed by atoms with Gasteiger partial charge in [-0.15, -0.1) is 0 Å². The van der Waals surface area contributed by atoms with Gasteiger partial charge in [-0.05, 0) is 12.8 Å². The maximum absolute atomic E-state index is 10.1. The topological polar surface area (TPSA) is 71.2 Å². The summed E-state index contributed by atoms with van der Waals surface area (Å²) in [6, 6.07) is 0. The van der Waals surface area contributed by atoms with E-state index in [4.69, 9.17) is 0 Å². The maximum atomic E-state index is 10.1. The van der Waals surface area contributed by atoms with Crippen LogP contribution in [0.1, 0.15) is 37.6 Å². The smallest absolute Gasteiger partial charge is 0.158 e. The van der Waals surface area contributed by atoms with Crippen molar-refractivity contribution < 1.29 is 10.2 Å². The van der Waals surface area contributed by atoms with Crippen LogP contribution in [0.3, 0.4) is 0 Å². The van der Waals surface area contributed by atoms with E-state index in [1.54, 1.807) is 7.05 Å². The van der Waals surface area contributed by atoms with Crippen molar-refractivity contribution in [2.45, 2.75) is 37.4 Å². The van der Waals surface area contributed by atoms with Crippen molar-refractivity contribution in [1.29, 1.82) is 0 Å². The van der Waals surface area contributed by atoms with Crippen LogP contribution in [-0.4, -0.2) is 30.6 Å². The number of rotatable bonds is 2. The van der Waals surface area contributed by atoms with Crippen molar-refractivity contribution in [2.75, 3.05) is 0 Å². The monoisotopic (exact) mass is 197 g/mol. The Labute approximate surface area is 82.4 Å². The lowest BCUT2D eigenvalue weighted by Crippen LogP contribution is -2.34. The zero-order valence-electron chi connectivity index (χ0n) is 8.22. The highest BCUT2D eigenvalue weighted by Gasteiger charge is 2.41. The number of aliphatic hydroxyl groups is 2. The molecule has 0 spiro atoms. The highest BCUT2D eigenvalue weighted by Crippen LogP contribution is 2.38. The summed E-state index contributed by atoms with van der Waals surface area (Å²) in [7, 11) is 1.71. The maximum Gasteiger partial charge on any atom is 0.158 e. The Balaban J connectivity index is 2.23. The van der Waals surface area contributed by atoms with Gasteiger partial charge < -0.3 is 10.2 Å². The summed E-state index contributed by atoms with van der Waals surface area (Å²) < 4.78 is 1.50. The third-order valence-electron chi connectivity index (χ3n) is 2.97. The molecule has 2 N–H and O–H groups in total. The summed E-state index contributed by atoms with van der Waals surface area (Å²) in [6.45, 7) is 0. The second-order valence-electron chi connectivity index (χ2n) is 3.96. The average Bonchev–Trinajstić information content (AvgIpc) is 2.74. The van der Waals surface area contributed by atoms with E-state index in [2.05, 4.69) is 10.1 Å². The molecule has 5 heteroatoms. The van der Waals surface area contributed by atoms with E-state index < -0.39 is 11.7 Å². The molecular weight excluding hydrogens is 182 g/mol. The lowest BCUT2D eigenvalue weighted by atomic mass is 9.94. The van der Waals surface area contributed by atoms with Gasteiger partial charge in [-0.3, -0.25) is 4.68 Å². The van der Waals surface area contributed by atoms with E-state index >= 15 is 0 Å². The zero-order valence-corrected chi connectivity index (χ0v) is 8.22. The van der Waals surface area contributed by atoms with Crippen LogP contribution in [0.15, 0.2) is 6.33 Å². The predicted molar refractivity (Wildman–Crippen MR) is 49.4 cm³/mol. The Morgan fingerprint density at radius 2 is 2.14 bits per heavy atom. The van der Waals surface area contributed by atoms with Crippen LogP contribution >= 0.6 is 0 Å². The molecule has 14 heavy (non-hydrogen) atoms. The molecule has 0 aliphatic heterocycles. The van der Waals surface area contributed by atoms with Crippen molar-refractivity contribution >= 4 is 0 Å². The van der Waals surface area contributed by atoms with Crippen molar-refractivity contribution in [2.24, 2.45) is 7.05 Å². The first kappa shape index (κ1) is 9.61. The molecular formula is C9H15N3O2. The first-order valence-electron chi connectivity index (χ1n) is 4.88. The van der Waals surface area contributed by atoms with Gasteiger partial charge in [0.2, 0.25) is 0 Å². The minimum absolute atomic E-state index is 0.439. The molecule has 1 aromatic heterocycles. The van der Waals surface area contributed by atoms with Crippen molar-refractivity contribution in [3.05, 3.63) is 12.2 Å². The molecule has 1 heterocycles. The highest BCUT2D eigenvalue weighted by atomic mass is 16.3. The van der Waals surface area contributed by atoms with Crippen molar-refractivity contribution in [3.8, 4) is 0 Å². The second kappa shape index (κ2) is 3.33. The van der Waals surface area contributed by atoms with Crippen LogP contribution < -0.4 is 0 Å². The first-order chi connectivity index (χ1) is 6.63. The van der Waals surface area contributed by atoms with Crippen LogP contribution in [0.5, 0.6) is 0 Å². The van der Waals surface area contributed by atoms with Gasteiger partial charge in [-0.25, -0.2) is 4.98 Å². The number of aliphatic hydroxyl groups excluding tert-OH is 1. The summed E-state index contributed by atoms with van der Waals surface area (Å²) >= 11 is 0. The Morgan fingerprint density at radius 1 is 1.50 bits per heavy atom. The Bertz CT molecular complexity index is 318. The largest absolute Gasteiger partial charge is 0.387 e. The zero-order chi connectivity index (χ0) is 10.2. The van der Waals surface area contributed by atoms with Gasteiger partial charge in [0, 0.05) is 7.05 Å². The number of hydrogen-bond acceptors (Lipinski definition) is 4. The Morgan fingerprint density at radius 3 is 2.64 bits per heavy atom. The molecule has 0 radical (unpaired) electrons. The molecule has 5 nitrogen and oxygen atoms in total. The van der Waals surface area contributed by atoms with Crippen molar-refractivity contribution in [1.82, 2.24) is 14.8 Å². The first-order valence-corrected chi connectivity index (χ1v) is 4.88. The van der Waals surface area contributed by atoms with E-state index in [-0.39, 0.29) is 0 Å². The van der Waals surface area contributed by atoms with E-state index in [0.717, 1.165) is 12.8 Å². The molecule has 1 aliphatic rings. The molecule has 78 valence electrons. The number of aromatic nitrogens is 3. The SMILES string of the molecule is Cn1ncnc1C(O)C1(O)CCCC1. The van der Waals surface area contributed by atoms with E-state index in [9.17, 15) is 10.2 Å². The van der Waals surface area contributed by atoms with Gasteiger partial charge in [0.15, 0.2) is 5.82 Å². The highest BCUT2D eigenvalue weighted by molar-refractivity contribution is 5.02. The van der Waals surface area contributed by atoms with E-state index in [1.807, 2.05) is 0 Å². The average molecular weight is 197 g/mol. The number of hydrogen-bond donors (Lipinski definition) is 2. The molecule has 2 rings (SSSR count). The van der Waals surface area contributed by atoms with E-state index in [1.165, 1.54) is 11.0 Å². The van der Waals surface area contributed by atoms with Crippen LogP contribution in [0, 0.1) is 0 Å². The number of aryl methyl sites for hydroxylation is 1. The van der Waals surface area contributed by atoms with Crippen LogP contribution in [0.25, 0.3) is 0 Å². The summed E-state index contributed by atoms with van der Waals surface area (Å²) in [5, 5.41) is 24.0. The van der Waals surface area contributed by atoms with Gasteiger partial charge in [-0.1, -0.05) is 12.8 Å². The minimum Gasteiger partial charge on any atom is -0.387 e. The summed E-state index contributed by atoms with van der Waals surface area (Å²) in [5.41, 5.74) is -0.999. The van der Waals surface area contributed by atoms with Gasteiger partial charge in [-0.2, -0.15) is 5.10 Å². The quantitative estimate of drug-likeness (QED) is 0.708. The Hall–Kier alpha value is -0.940. The number of nitrogens with zero attached hydrogens (tertiary/aromatic N) is 3. The molecule has 1 fully saturated rings. The van der Waals surface area contributed by atoms with Crippen LogP contribution in [0.4, 0.5) is 0 Å². The fourth-order valence-corrected chi connectivity index (χ4v) is 2.05. The van der Waals surface area contributed by atoms with Gasteiger partial charge >= 0.3 is 0 Å². The molecule has 1 saturated carbocycles. The van der Waals surface area contributed by atoms with Gasteiger partial charge in [0.25, 0.3) is 0 Å². The predicted octanol–water partition coefficient (Wildman–Crippen LogP) is 0.154. The normalized spacial score (nSPS) is 22.5. The summed E-state index contributed by atoms with van der Waals surface area (Å²) in [4.78, 5) is 3.95. The molecule has 1 unspecified atom stereocenters. The second-order valence-corrected chi connectivity index (χ2v) is 3.96. The molecule has 0 aromatic carbocycles. The Kier molecular flexibility index (Phi) is 2.28. The molecule has 1 aliphatic carbocycles. The molecule has 1 atom stereocenters. The summed E-state index contributed by atoms with van der Waals surface area (Å²) in [5.74, 6) is 0.439. The lowest BCUT2D eigenvalue weighted by molar-refractivity contribution is -0.0772. The standard InChI is InChI=1S/C9H15N3O2/c1-12-8(10-6-11-12)7(13)9(14)4-2-3-5-9/h6-7,13-14H,2-5H2,1H3. The fourth-order valence-electron chi connectivity index (χ4n) is 2.05. The summed E-state index contributed by atoms with van der Waals surface area (Å²) in [6.07, 6.45) is 3.67. The molecule has 0 amide bonds. The minimum atomic E-state index is -0.999. The van der Waals surface area contributed by atoms with Crippen LogP contribution in [-0.2, 0) is 7.05 Å². The third kappa shape index (κ3) is 1.42.